The van der Waals surface area contributed by atoms with E-state index in [2.05, 4.69) is 55.6 Å². The number of ether oxygens (including phenoxy) is 1. The Balaban J connectivity index is 2.21. The van der Waals surface area contributed by atoms with E-state index in [1.807, 2.05) is 13.1 Å². The standard InChI is InChI=1S/C18H23NO/c1-13-5-7-15(8-6-13)12-18(19-3)17-10-9-16(20-4)11-14(17)2/h5-11,18-19H,12H2,1-4H3. The first-order valence-corrected chi connectivity index (χ1v) is 7.01. The van der Waals surface area contributed by atoms with E-state index in [0.717, 1.165) is 12.2 Å². The maximum absolute atomic E-state index is 5.27. The van der Waals surface area contributed by atoms with E-state index in [4.69, 9.17) is 4.74 Å². The second kappa shape index (κ2) is 6.58. The molecule has 0 aliphatic carbocycles. The Morgan fingerprint density at radius 2 is 1.75 bits per heavy atom. The third-order valence-electron chi connectivity index (χ3n) is 3.76. The fourth-order valence-corrected chi connectivity index (χ4v) is 2.49. The van der Waals surface area contributed by atoms with Crippen molar-refractivity contribution in [1.29, 1.82) is 0 Å². The Kier molecular flexibility index (Phi) is 4.80. The third kappa shape index (κ3) is 3.40. The Bertz CT molecular complexity index is 560. The minimum atomic E-state index is 0.323. The second-order valence-corrected chi connectivity index (χ2v) is 5.25. The average molecular weight is 269 g/mol. The Hall–Kier alpha value is -1.80. The summed E-state index contributed by atoms with van der Waals surface area (Å²) in [6.07, 6.45) is 0.990. The van der Waals surface area contributed by atoms with E-state index in [-0.39, 0.29) is 0 Å². The van der Waals surface area contributed by atoms with Crippen molar-refractivity contribution in [2.24, 2.45) is 0 Å². The van der Waals surface area contributed by atoms with Crippen molar-refractivity contribution in [1.82, 2.24) is 5.32 Å². The molecule has 0 saturated carbocycles. The van der Waals surface area contributed by atoms with Gasteiger partial charge in [-0.25, -0.2) is 0 Å². The largest absolute Gasteiger partial charge is 0.497 e. The van der Waals surface area contributed by atoms with Crippen LogP contribution in [0.5, 0.6) is 5.75 Å². The van der Waals surface area contributed by atoms with Crippen LogP contribution in [0.15, 0.2) is 42.5 Å². The summed E-state index contributed by atoms with van der Waals surface area (Å²) in [5, 5.41) is 3.42. The van der Waals surface area contributed by atoms with Crippen molar-refractivity contribution in [2.75, 3.05) is 14.2 Å². The van der Waals surface area contributed by atoms with Gasteiger partial charge in [-0.15, -0.1) is 0 Å². The molecule has 0 aliphatic heterocycles. The van der Waals surface area contributed by atoms with E-state index in [0.29, 0.717) is 6.04 Å². The maximum Gasteiger partial charge on any atom is 0.119 e. The molecule has 0 radical (unpaired) electrons. The lowest BCUT2D eigenvalue weighted by Gasteiger charge is -2.19. The second-order valence-electron chi connectivity index (χ2n) is 5.25. The lowest BCUT2D eigenvalue weighted by Crippen LogP contribution is -2.19. The minimum absolute atomic E-state index is 0.323. The van der Waals surface area contributed by atoms with Crippen LogP contribution in [0.2, 0.25) is 0 Å². The molecule has 2 aromatic rings. The van der Waals surface area contributed by atoms with Crippen molar-refractivity contribution in [3.63, 3.8) is 0 Å². The summed E-state index contributed by atoms with van der Waals surface area (Å²) in [7, 11) is 3.72. The number of rotatable bonds is 5. The summed E-state index contributed by atoms with van der Waals surface area (Å²) >= 11 is 0. The smallest absolute Gasteiger partial charge is 0.119 e. The predicted molar refractivity (Wildman–Crippen MR) is 84.4 cm³/mol. The highest BCUT2D eigenvalue weighted by Gasteiger charge is 2.13. The van der Waals surface area contributed by atoms with E-state index in [1.165, 1.54) is 22.3 Å². The summed E-state index contributed by atoms with van der Waals surface area (Å²) in [5.41, 5.74) is 5.24. The van der Waals surface area contributed by atoms with Crippen molar-refractivity contribution in [3.8, 4) is 5.75 Å². The molecule has 2 rings (SSSR count). The molecule has 0 bridgehead atoms. The molecule has 1 atom stereocenters. The van der Waals surface area contributed by atoms with Gasteiger partial charge in [-0.05, 0) is 56.1 Å². The van der Waals surface area contributed by atoms with Gasteiger partial charge in [0.05, 0.1) is 7.11 Å². The fraction of sp³-hybridized carbons (Fsp3) is 0.333. The lowest BCUT2D eigenvalue weighted by atomic mass is 9.95. The molecular weight excluding hydrogens is 246 g/mol. The van der Waals surface area contributed by atoms with Gasteiger partial charge >= 0.3 is 0 Å². The molecule has 1 N–H and O–H groups in total. The number of methoxy groups -OCH3 is 1. The third-order valence-corrected chi connectivity index (χ3v) is 3.76. The SMILES string of the molecule is CNC(Cc1ccc(C)cc1)c1ccc(OC)cc1C. The molecule has 20 heavy (non-hydrogen) atoms. The van der Waals surface area contributed by atoms with Crippen LogP contribution in [0.4, 0.5) is 0 Å². The number of nitrogens with one attached hydrogen (secondary N) is 1. The Morgan fingerprint density at radius 3 is 2.30 bits per heavy atom. The van der Waals surface area contributed by atoms with E-state index < -0.39 is 0 Å². The molecule has 0 aromatic heterocycles. The zero-order valence-electron chi connectivity index (χ0n) is 12.7. The summed E-state index contributed by atoms with van der Waals surface area (Å²) in [6.45, 7) is 4.25. The lowest BCUT2D eigenvalue weighted by molar-refractivity contribution is 0.414. The Morgan fingerprint density at radius 1 is 1.05 bits per heavy atom. The number of aryl methyl sites for hydroxylation is 2. The van der Waals surface area contributed by atoms with E-state index in [1.54, 1.807) is 7.11 Å². The van der Waals surface area contributed by atoms with Crippen LogP contribution in [-0.4, -0.2) is 14.2 Å². The van der Waals surface area contributed by atoms with Gasteiger partial charge in [0, 0.05) is 6.04 Å². The average Bonchev–Trinajstić information content (AvgIpc) is 2.47. The van der Waals surface area contributed by atoms with Gasteiger partial charge in [-0.3, -0.25) is 0 Å². The molecule has 0 spiro atoms. The molecule has 1 unspecified atom stereocenters. The zero-order chi connectivity index (χ0) is 14.5. The molecule has 2 aromatic carbocycles. The van der Waals surface area contributed by atoms with Crippen LogP contribution in [-0.2, 0) is 6.42 Å². The first-order valence-electron chi connectivity index (χ1n) is 7.01. The van der Waals surface area contributed by atoms with Gasteiger partial charge < -0.3 is 10.1 Å². The van der Waals surface area contributed by atoms with Crippen molar-refractivity contribution < 1.29 is 4.74 Å². The van der Waals surface area contributed by atoms with Gasteiger partial charge in [0.15, 0.2) is 0 Å². The summed E-state index contributed by atoms with van der Waals surface area (Å²) < 4.78 is 5.27. The number of hydrogen-bond donors (Lipinski definition) is 1. The van der Waals surface area contributed by atoms with Crippen LogP contribution >= 0.6 is 0 Å². The highest BCUT2D eigenvalue weighted by Crippen LogP contribution is 2.25. The summed E-state index contributed by atoms with van der Waals surface area (Å²) in [4.78, 5) is 0. The Labute approximate surface area is 121 Å². The van der Waals surface area contributed by atoms with Crippen molar-refractivity contribution >= 4 is 0 Å². The first-order chi connectivity index (χ1) is 9.63. The highest BCUT2D eigenvalue weighted by molar-refractivity contribution is 5.37. The molecule has 106 valence electrons. The molecular formula is C18H23NO. The number of hydrogen-bond acceptors (Lipinski definition) is 2. The van der Waals surface area contributed by atoms with Gasteiger partial charge in [-0.1, -0.05) is 35.9 Å². The zero-order valence-corrected chi connectivity index (χ0v) is 12.7. The van der Waals surface area contributed by atoms with Gasteiger partial charge in [0.25, 0.3) is 0 Å². The van der Waals surface area contributed by atoms with Gasteiger partial charge in [0.1, 0.15) is 5.75 Å². The number of benzene rings is 2. The fourth-order valence-electron chi connectivity index (χ4n) is 2.49. The van der Waals surface area contributed by atoms with E-state index in [9.17, 15) is 0 Å². The quantitative estimate of drug-likeness (QED) is 0.891. The van der Waals surface area contributed by atoms with Gasteiger partial charge in [0.2, 0.25) is 0 Å². The summed E-state index contributed by atoms with van der Waals surface area (Å²) in [6, 6.07) is 15.4. The van der Waals surface area contributed by atoms with Crippen molar-refractivity contribution in [3.05, 3.63) is 64.7 Å². The monoisotopic (exact) mass is 269 g/mol. The minimum Gasteiger partial charge on any atom is -0.497 e. The van der Waals surface area contributed by atoms with Crippen LogP contribution in [0.1, 0.15) is 28.3 Å². The van der Waals surface area contributed by atoms with Gasteiger partial charge in [-0.2, -0.15) is 0 Å². The van der Waals surface area contributed by atoms with E-state index >= 15 is 0 Å². The molecule has 2 heteroatoms. The molecule has 0 fully saturated rings. The van der Waals surface area contributed by atoms with Crippen LogP contribution in [0.3, 0.4) is 0 Å². The first kappa shape index (κ1) is 14.6. The van der Waals surface area contributed by atoms with Crippen molar-refractivity contribution in [2.45, 2.75) is 26.3 Å². The molecule has 0 aliphatic rings. The molecule has 2 nitrogen and oxygen atoms in total. The molecule has 0 amide bonds. The molecule has 0 heterocycles. The molecule has 0 saturated heterocycles. The topological polar surface area (TPSA) is 21.3 Å². The normalized spacial score (nSPS) is 12.2. The number of likely N-dealkylation sites (N-methyl/N-ethyl adjacent to an activating group) is 1. The van der Waals surface area contributed by atoms with Crippen LogP contribution < -0.4 is 10.1 Å². The highest BCUT2D eigenvalue weighted by atomic mass is 16.5. The maximum atomic E-state index is 5.27. The van der Waals surface area contributed by atoms with Crippen LogP contribution in [0, 0.1) is 13.8 Å². The summed E-state index contributed by atoms with van der Waals surface area (Å²) in [5.74, 6) is 0.913. The predicted octanol–water partition coefficient (Wildman–Crippen LogP) is 3.82. The van der Waals surface area contributed by atoms with Crippen LogP contribution in [0.25, 0.3) is 0 Å².